The molecule has 3 fully saturated rings. The van der Waals surface area contributed by atoms with Gasteiger partial charge in [0.15, 0.2) is 41.8 Å². The predicted octanol–water partition coefficient (Wildman–Crippen LogP) is 4.89. The summed E-state index contributed by atoms with van der Waals surface area (Å²) in [6.07, 6.45) is -0.979. The molecule has 3 saturated heterocycles. The second kappa shape index (κ2) is 13.7. The van der Waals surface area contributed by atoms with E-state index in [1.165, 1.54) is 28.1 Å². The van der Waals surface area contributed by atoms with E-state index in [4.69, 9.17) is 37.0 Å². The molecular weight excluding hydrogens is 746 g/mol. The number of aliphatic imine (C=N–C) groups is 1. The molecule has 10 atom stereocenters. The van der Waals surface area contributed by atoms with Crippen LogP contribution in [-0.4, -0.2) is 98.5 Å². The van der Waals surface area contributed by atoms with Crippen molar-refractivity contribution in [2.75, 3.05) is 26.4 Å². The summed E-state index contributed by atoms with van der Waals surface area (Å²) in [4.78, 5) is 21.7. The Morgan fingerprint density at radius 3 is 2.14 bits per heavy atom. The molecule has 23 heteroatoms. The maximum absolute atomic E-state index is 16.4. The molecular formula is C27H29F2N7O10P2S2. The van der Waals surface area contributed by atoms with Crippen LogP contribution in [0.25, 0.3) is 16.9 Å². The molecule has 14 bridgehead atoms. The minimum absolute atomic E-state index is 0.0782. The van der Waals surface area contributed by atoms with Crippen LogP contribution >= 0.6 is 38.1 Å². The SMILES string of the molecule is O=[P@@]1(S)OCC2OC3[C@H](F)[C@@H]2O[P@](=O)(S)OCC2O[C@H]([C@H](F)[C@@H]2O1)n1cnc2c(ncnc21)OC/C=C/CO/C1=C/CC/C=N\c2c1ncn23. The van der Waals surface area contributed by atoms with Crippen LogP contribution in [0.2, 0.25) is 0 Å². The molecule has 6 aliphatic rings. The van der Waals surface area contributed by atoms with E-state index in [1.807, 2.05) is 6.08 Å². The first kappa shape index (κ1) is 34.4. The highest BCUT2D eigenvalue weighted by atomic mass is 32.7. The average molecular weight is 776 g/mol. The monoisotopic (exact) mass is 775 g/mol. The van der Waals surface area contributed by atoms with Crippen molar-refractivity contribution in [1.82, 2.24) is 29.1 Å². The minimum atomic E-state index is -4.41. The molecule has 3 unspecified atom stereocenters. The van der Waals surface area contributed by atoms with E-state index >= 15 is 8.78 Å². The fourth-order valence-electron chi connectivity index (χ4n) is 6.09. The van der Waals surface area contributed by atoms with Crippen molar-refractivity contribution in [3.8, 4) is 5.88 Å². The number of hydrogen-bond donors (Lipinski definition) is 2. The van der Waals surface area contributed by atoms with Gasteiger partial charge in [-0.3, -0.25) is 27.2 Å². The van der Waals surface area contributed by atoms with Crippen molar-refractivity contribution >= 4 is 67.0 Å². The third kappa shape index (κ3) is 6.57. The second-order valence-electron chi connectivity index (χ2n) is 11.6. The summed E-state index contributed by atoms with van der Waals surface area (Å²) in [5, 5.41) is 0. The number of hydrogen-bond acceptors (Lipinski definition) is 15. The Bertz CT molecular complexity index is 1970. The van der Waals surface area contributed by atoms with Crippen LogP contribution in [0.3, 0.4) is 0 Å². The number of aromatic nitrogens is 6. The molecule has 0 aromatic carbocycles. The quantitative estimate of drug-likeness (QED) is 0.179. The Labute approximate surface area is 292 Å². The van der Waals surface area contributed by atoms with E-state index in [9.17, 15) is 9.13 Å². The van der Waals surface area contributed by atoms with Crippen molar-refractivity contribution in [3.63, 3.8) is 0 Å². The molecule has 9 rings (SSSR count). The zero-order chi connectivity index (χ0) is 34.6. The number of fused-ring (bicyclic) bond motifs is 10. The van der Waals surface area contributed by atoms with Gasteiger partial charge in [-0.1, -0.05) is 24.5 Å². The minimum Gasteiger partial charge on any atom is -0.487 e. The van der Waals surface area contributed by atoms with Gasteiger partial charge in [-0.05, 0) is 31.1 Å². The number of nitrogens with zero attached hydrogens (tertiary/aromatic N) is 7. The summed E-state index contributed by atoms with van der Waals surface area (Å²) in [5.74, 6) is 0.742. The molecule has 0 amide bonds. The van der Waals surface area contributed by atoms with E-state index in [0.29, 0.717) is 24.3 Å². The standard InChI is InChI=1S/C27H29F2N7O10P2S2/c28-17-21-15-9-41-48(38,50)46-22-16(10-42-47(37,49)45-21)44-27(18(22)29)36-13-34-20-24(36)31-11-32-25(20)40-8-4-3-7-39-14-5-1-2-6-30-23-19(14)33-12-35(23)26(17)43-15/h3-6,11-13,15-18,21-22,26-27H,1-2,7-10H2,(H,37,49)(H,38,50)/b4-3+,14-5+,30-6-/t15?,16?,17-,18-,21-,22-,26?,27-,47-,48-/m1/s1. The summed E-state index contributed by atoms with van der Waals surface area (Å²) in [6.45, 7) is -9.88. The highest BCUT2D eigenvalue weighted by Crippen LogP contribution is 2.60. The predicted molar refractivity (Wildman–Crippen MR) is 176 cm³/mol. The lowest BCUT2D eigenvalue weighted by Crippen LogP contribution is -2.36. The van der Waals surface area contributed by atoms with E-state index < -0.39 is 76.0 Å². The van der Waals surface area contributed by atoms with E-state index in [2.05, 4.69) is 49.4 Å². The van der Waals surface area contributed by atoms with Gasteiger partial charge in [0.1, 0.15) is 55.4 Å². The smallest absolute Gasteiger partial charge is 0.386 e. The van der Waals surface area contributed by atoms with Gasteiger partial charge in [0.05, 0.1) is 25.9 Å². The van der Waals surface area contributed by atoms with Crippen LogP contribution < -0.4 is 4.74 Å². The second-order valence-corrected chi connectivity index (χ2v) is 17.3. The molecule has 50 heavy (non-hydrogen) atoms. The van der Waals surface area contributed by atoms with Crippen LogP contribution in [0.4, 0.5) is 14.6 Å². The summed E-state index contributed by atoms with van der Waals surface area (Å²) >= 11 is 8.14. The van der Waals surface area contributed by atoms with Crippen molar-refractivity contribution in [3.05, 3.63) is 42.9 Å². The van der Waals surface area contributed by atoms with Gasteiger partial charge in [0.2, 0.25) is 5.88 Å². The van der Waals surface area contributed by atoms with Gasteiger partial charge in [-0.15, -0.1) is 0 Å². The Morgan fingerprint density at radius 1 is 0.800 bits per heavy atom. The molecule has 0 saturated carbocycles. The van der Waals surface area contributed by atoms with Gasteiger partial charge < -0.3 is 18.9 Å². The van der Waals surface area contributed by atoms with Gasteiger partial charge in [-0.25, -0.2) is 37.9 Å². The van der Waals surface area contributed by atoms with Crippen molar-refractivity contribution in [1.29, 1.82) is 0 Å². The van der Waals surface area contributed by atoms with E-state index in [1.54, 1.807) is 18.4 Å². The first-order valence-electron chi connectivity index (χ1n) is 15.4. The molecule has 3 aromatic heterocycles. The molecule has 268 valence electrons. The Hall–Kier alpha value is -2.71. The lowest BCUT2D eigenvalue weighted by atomic mass is 10.1. The maximum Gasteiger partial charge on any atom is 0.386 e. The van der Waals surface area contributed by atoms with Crippen LogP contribution in [0.5, 0.6) is 5.88 Å². The van der Waals surface area contributed by atoms with E-state index in [-0.39, 0.29) is 36.1 Å². The number of rotatable bonds is 0. The lowest BCUT2D eigenvalue weighted by molar-refractivity contribution is -0.0547. The molecule has 3 aromatic rings. The van der Waals surface area contributed by atoms with Gasteiger partial charge in [-0.2, -0.15) is 4.98 Å². The summed E-state index contributed by atoms with van der Waals surface area (Å²) in [7, 11) is 0. The van der Waals surface area contributed by atoms with Crippen molar-refractivity contribution in [2.24, 2.45) is 4.99 Å². The highest BCUT2D eigenvalue weighted by molar-refractivity contribution is 8.44. The van der Waals surface area contributed by atoms with Crippen LogP contribution in [0, 0.1) is 0 Å². The van der Waals surface area contributed by atoms with Gasteiger partial charge >= 0.3 is 13.6 Å². The average Bonchev–Trinajstić information content (AvgIpc) is 3.82. The summed E-state index contributed by atoms with van der Waals surface area (Å²) in [5.41, 5.74) is 0.676. The molecule has 0 radical (unpaired) electrons. The number of ether oxygens (including phenoxy) is 4. The molecule has 0 spiro atoms. The molecule has 0 N–H and O–H groups in total. The number of thiol groups is 2. The van der Waals surface area contributed by atoms with Gasteiger partial charge in [0, 0.05) is 6.21 Å². The normalized spacial score (nSPS) is 40.0. The van der Waals surface area contributed by atoms with Crippen LogP contribution in [-0.2, 0) is 41.4 Å². The van der Waals surface area contributed by atoms with Gasteiger partial charge in [0.25, 0.3) is 0 Å². The Balaban J connectivity index is 1.21. The maximum atomic E-state index is 16.4. The summed E-state index contributed by atoms with van der Waals surface area (Å²) < 4.78 is 108. The summed E-state index contributed by atoms with van der Waals surface area (Å²) in [6, 6.07) is 0. The number of halogens is 2. The van der Waals surface area contributed by atoms with E-state index in [0.717, 1.165) is 0 Å². The zero-order valence-corrected chi connectivity index (χ0v) is 29.2. The fourth-order valence-corrected chi connectivity index (χ4v) is 9.05. The molecule has 6 aliphatic heterocycles. The molecule has 17 nitrogen and oxygen atoms in total. The number of alkyl halides is 2. The molecule has 9 heterocycles. The third-order valence-electron chi connectivity index (χ3n) is 8.38. The van der Waals surface area contributed by atoms with Crippen LogP contribution in [0.15, 0.2) is 42.2 Å². The number of imidazole rings is 2. The largest absolute Gasteiger partial charge is 0.487 e. The topological polar surface area (TPSA) is 182 Å². The number of allylic oxidation sites excluding steroid dienone is 1. The first-order chi connectivity index (χ1) is 24.1. The van der Waals surface area contributed by atoms with Crippen LogP contribution in [0.1, 0.15) is 31.0 Å². The van der Waals surface area contributed by atoms with Crippen molar-refractivity contribution < 1.29 is 55.0 Å². The highest BCUT2D eigenvalue weighted by Gasteiger charge is 2.54. The Morgan fingerprint density at radius 2 is 1.44 bits per heavy atom. The third-order valence-corrected chi connectivity index (χ3v) is 11.6. The Kier molecular flexibility index (Phi) is 9.41. The van der Waals surface area contributed by atoms with Crippen molar-refractivity contribution in [2.45, 2.75) is 62.1 Å². The molecule has 0 aliphatic carbocycles. The first-order valence-corrected chi connectivity index (χ1v) is 20.8. The zero-order valence-electron chi connectivity index (χ0n) is 25.7. The fraction of sp³-hybridized carbons (Fsp3) is 0.519. The lowest BCUT2D eigenvalue weighted by Gasteiger charge is -2.28.